The van der Waals surface area contributed by atoms with Crippen LogP contribution >= 0.6 is 22.6 Å². The molecule has 1 aliphatic rings. The molecule has 0 radical (unpaired) electrons. The number of rotatable bonds is 5. The Bertz CT molecular complexity index is 764. The molecule has 3 atom stereocenters. The van der Waals surface area contributed by atoms with Crippen LogP contribution in [0.1, 0.15) is 39.0 Å². The molecule has 1 saturated heterocycles. The molecule has 0 bridgehead atoms. The number of nitrogens with one attached hydrogen (secondary N) is 1. The molecule has 0 saturated carbocycles. The summed E-state index contributed by atoms with van der Waals surface area (Å²) in [5.41, 5.74) is -1.35. The summed E-state index contributed by atoms with van der Waals surface area (Å²) in [6.45, 7) is 12.2. The highest BCUT2D eigenvalue weighted by atomic mass is 127. The zero-order chi connectivity index (χ0) is 19.9. The molecule has 1 aromatic heterocycles. The van der Waals surface area contributed by atoms with Crippen molar-refractivity contribution in [1.82, 2.24) is 9.55 Å². The average Bonchev–Trinajstić information content (AvgIpc) is 2.88. The minimum absolute atomic E-state index is 0.0168. The van der Waals surface area contributed by atoms with Crippen LogP contribution in [0.15, 0.2) is 15.8 Å². The molecule has 1 fully saturated rings. The van der Waals surface area contributed by atoms with E-state index in [2.05, 4.69) is 61.4 Å². The number of aryl methyl sites for hydroxylation is 1. The number of hydrogen-bond donors (Lipinski definition) is 2. The molecule has 1 aliphatic heterocycles. The van der Waals surface area contributed by atoms with E-state index in [9.17, 15) is 14.7 Å². The maximum atomic E-state index is 12.2. The maximum Gasteiger partial charge on any atom is 0.330 e. The van der Waals surface area contributed by atoms with E-state index in [1.165, 1.54) is 10.8 Å². The lowest BCUT2D eigenvalue weighted by atomic mass is 10.0. The predicted octanol–water partition coefficient (Wildman–Crippen LogP) is 2.32. The summed E-state index contributed by atoms with van der Waals surface area (Å²) in [4.78, 5) is 26.2. The highest BCUT2D eigenvalue weighted by Crippen LogP contribution is 2.44. The molecule has 0 aromatic carbocycles. The van der Waals surface area contributed by atoms with E-state index in [-0.39, 0.29) is 17.7 Å². The summed E-state index contributed by atoms with van der Waals surface area (Å²) >= 11 is 2.19. The van der Waals surface area contributed by atoms with Crippen LogP contribution in [-0.2, 0) is 9.16 Å². The van der Waals surface area contributed by atoms with Gasteiger partial charge in [-0.1, -0.05) is 43.4 Å². The molecule has 0 amide bonds. The van der Waals surface area contributed by atoms with Crippen LogP contribution in [-0.4, -0.2) is 45.7 Å². The molecule has 26 heavy (non-hydrogen) atoms. The fourth-order valence-electron chi connectivity index (χ4n) is 2.75. The van der Waals surface area contributed by atoms with Gasteiger partial charge in [-0.15, -0.1) is 0 Å². The summed E-state index contributed by atoms with van der Waals surface area (Å²) in [5, 5.41) is 10.1. The molecule has 1 aromatic rings. The van der Waals surface area contributed by atoms with Gasteiger partial charge in [-0.3, -0.25) is 14.3 Å². The van der Waals surface area contributed by atoms with Crippen molar-refractivity contribution in [3.05, 3.63) is 32.6 Å². The lowest BCUT2D eigenvalue weighted by molar-refractivity contribution is -0.109. The van der Waals surface area contributed by atoms with Gasteiger partial charge in [0.15, 0.2) is 8.32 Å². The maximum absolute atomic E-state index is 12.2. The van der Waals surface area contributed by atoms with Gasteiger partial charge in [0.25, 0.3) is 5.56 Å². The van der Waals surface area contributed by atoms with Crippen molar-refractivity contribution in [3.8, 4) is 0 Å². The molecule has 0 aliphatic carbocycles. The Labute approximate surface area is 168 Å². The number of nitrogens with zero attached hydrogens (tertiary/aromatic N) is 1. The minimum Gasteiger partial charge on any atom is -0.411 e. The molecule has 7 nitrogen and oxygen atoms in total. The van der Waals surface area contributed by atoms with Gasteiger partial charge in [0, 0.05) is 22.6 Å². The second kappa shape index (κ2) is 7.49. The van der Waals surface area contributed by atoms with Crippen molar-refractivity contribution < 1.29 is 14.3 Å². The molecule has 2 N–H and O–H groups in total. The molecule has 148 valence electrons. The van der Waals surface area contributed by atoms with Crippen LogP contribution in [0.4, 0.5) is 0 Å². The van der Waals surface area contributed by atoms with Crippen LogP contribution in [0.5, 0.6) is 0 Å². The Hall–Kier alpha value is -0.493. The number of H-pyrrole nitrogens is 1. The molecule has 9 heteroatoms. The Balaban J connectivity index is 2.40. The number of aromatic amines is 1. The molecular formula is C17H29IN2O5Si. The van der Waals surface area contributed by atoms with E-state index in [4.69, 9.17) is 9.16 Å². The zero-order valence-corrected chi connectivity index (χ0v) is 19.4. The summed E-state index contributed by atoms with van der Waals surface area (Å²) in [5.74, 6) is 0. The number of halogens is 1. The third kappa shape index (κ3) is 4.01. The number of aliphatic hydroxyl groups is 1. The standard InChI is InChI=1S/C17H29IN2O5Si/c1-11-8-20(15(23)19-14(11)22)13-7-12(17(9-18,10-21)24-13)25-26(5,6)16(2,3)4/h8,12-13,21H,7,9-10H2,1-6H3,(H,19,22,23)/t12-,13+,17+/m0/s1. The van der Waals surface area contributed by atoms with Crippen molar-refractivity contribution in [2.24, 2.45) is 0 Å². The molecule has 0 spiro atoms. The van der Waals surface area contributed by atoms with Crippen molar-refractivity contribution in [3.63, 3.8) is 0 Å². The van der Waals surface area contributed by atoms with E-state index < -0.39 is 31.4 Å². The Morgan fingerprint density at radius 1 is 1.46 bits per heavy atom. The normalized spacial score (nSPS) is 27.1. The second-order valence-electron chi connectivity index (χ2n) is 8.51. The van der Waals surface area contributed by atoms with Gasteiger partial charge in [-0.05, 0) is 25.1 Å². The van der Waals surface area contributed by atoms with Crippen LogP contribution in [0.3, 0.4) is 0 Å². The van der Waals surface area contributed by atoms with Gasteiger partial charge in [-0.25, -0.2) is 4.79 Å². The largest absolute Gasteiger partial charge is 0.411 e. The number of aromatic nitrogens is 2. The van der Waals surface area contributed by atoms with Gasteiger partial charge in [0.1, 0.15) is 11.8 Å². The lowest BCUT2D eigenvalue weighted by Crippen LogP contribution is -2.53. The van der Waals surface area contributed by atoms with E-state index in [0.29, 0.717) is 16.4 Å². The fourth-order valence-corrected chi connectivity index (χ4v) is 5.04. The Morgan fingerprint density at radius 3 is 2.58 bits per heavy atom. The van der Waals surface area contributed by atoms with Crippen molar-refractivity contribution >= 4 is 30.9 Å². The number of alkyl halides is 1. The molecule has 2 rings (SSSR count). The monoisotopic (exact) mass is 496 g/mol. The third-order valence-electron chi connectivity index (χ3n) is 5.57. The van der Waals surface area contributed by atoms with E-state index in [1.807, 2.05) is 0 Å². The SMILES string of the molecule is Cc1cn([C@H]2C[C@H](O[Si](C)(C)C(C)(C)C)[C@](CO)(CI)O2)c(=O)[nH]c1=O. The summed E-state index contributed by atoms with van der Waals surface area (Å²) < 4.78 is 14.7. The van der Waals surface area contributed by atoms with Gasteiger partial charge in [0.05, 0.1) is 12.7 Å². The van der Waals surface area contributed by atoms with Gasteiger partial charge >= 0.3 is 5.69 Å². The smallest absolute Gasteiger partial charge is 0.330 e. The van der Waals surface area contributed by atoms with Crippen molar-refractivity contribution in [2.75, 3.05) is 11.0 Å². The van der Waals surface area contributed by atoms with Crippen LogP contribution in [0, 0.1) is 6.92 Å². The van der Waals surface area contributed by atoms with Crippen molar-refractivity contribution in [2.45, 2.75) is 70.2 Å². The van der Waals surface area contributed by atoms with Crippen molar-refractivity contribution in [1.29, 1.82) is 0 Å². The fraction of sp³-hybridized carbons (Fsp3) is 0.765. The first-order valence-electron chi connectivity index (χ1n) is 8.71. The molecule has 0 unspecified atom stereocenters. The zero-order valence-electron chi connectivity index (χ0n) is 16.3. The topological polar surface area (TPSA) is 93.6 Å². The lowest BCUT2D eigenvalue weighted by Gasteiger charge is -2.42. The first-order chi connectivity index (χ1) is 11.9. The average molecular weight is 496 g/mol. The summed E-state index contributed by atoms with van der Waals surface area (Å²) in [6.07, 6.45) is 1.04. The minimum atomic E-state index is -2.09. The van der Waals surface area contributed by atoms with Gasteiger partial charge < -0.3 is 14.3 Å². The van der Waals surface area contributed by atoms with Crippen LogP contribution < -0.4 is 11.2 Å². The van der Waals surface area contributed by atoms with E-state index in [1.54, 1.807) is 6.92 Å². The second-order valence-corrected chi connectivity index (χ2v) is 14.0. The predicted molar refractivity (Wildman–Crippen MR) is 112 cm³/mol. The Morgan fingerprint density at radius 2 is 2.08 bits per heavy atom. The highest BCUT2D eigenvalue weighted by molar-refractivity contribution is 14.1. The highest BCUT2D eigenvalue weighted by Gasteiger charge is 2.53. The Kier molecular flexibility index (Phi) is 6.28. The quantitative estimate of drug-likeness (QED) is 0.371. The molecular weight excluding hydrogens is 467 g/mol. The third-order valence-corrected chi connectivity index (χ3v) is 11.3. The van der Waals surface area contributed by atoms with E-state index in [0.717, 1.165) is 0 Å². The number of aliphatic hydroxyl groups excluding tert-OH is 1. The van der Waals surface area contributed by atoms with E-state index >= 15 is 0 Å². The van der Waals surface area contributed by atoms with Crippen LogP contribution in [0.2, 0.25) is 18.1 Å². The molecule has 2 heterocycles. The summed E-state index contributed by atoms with van der Waals surface area (Å²) in [7, 11) is -2.09. The van der Waals surface area contributed by atoms with Gasteiger partial charge in [0.2, 0.25) is 0 Å². The number of hydrogen-bond acceptors (Lipinski definition) is 5. The summed E-state index contributed by atoms with van der Waals surface area (Å²) in [6, 6.07) is 0. The van der Waals surface area contributed by atoms with Crippen LogP contribution in [0.25, 0.3) is 0 Å². The van der Waals surface area contributed by atoms with Gasteiger partial charge in [-0.2, -0.15) is 0 Å². The number of ether oxygens (including phenoxy) is 1. The first-order valence-corrected chi connectivity index (χ1v) is 13.1. The first kappa shape index (κ1) is 21.8.